The number of nitrogens with two attached hydrogens (primary N) is 1. The molecule has 0 amide bonds. The van der Waals surface area contributed by atoms with E-state index < -0.39 is 0 Å². The average molecular weight is 309 g/mol. The molecular weight excluding hydrogens is 291 g/mol. The van der Waals surface area contributed by atoms with Crippen molar-refractivity contribution in [2.75, 3.05) is 18.5 Å². The van der Waals surface area contributed by atoms with Crippen LogP contribution in [0.15, 0.2) is 42.5 Å². The highest BCUT2D eigenvalue weighted by atomic mass is 35.5. The van der Waals surface area contributed by atoms with Crippen LogP contribution in [0.5, 0.6) is 5.75 Å². The second-order valence-electron chi connectivity index (χ2n) is 4.60. The van der Waals surface area contributed by atoms with Gasteiger partial charge in [-0.15, -0.1) is 0 Å². The lowest BCUT2D eigenvalue weighted by Crippen LogP contribution is -2.20. The monoisotopic (exact) mass is 308 g/mol. The Kier molecular flexibility index (Phi) is 5.42. The van der Waals surface area contributed by atoms with Crippen LogP contribution in [0, 0.1) is 5.82 Å². The van der Waals surface area contributed by atoms with Gasteiger partial charge in [0.25, 0.3) is 0 Å². The fourth-order valence-corrected chi connectivity index (χ4v) is 2.33. The molecule has 0 bridgehead atoms. The van der Waals surface area contributed by atoms with Crippen LogP contribution in [0.2, 0.25) is 5.02 Å². The number of halogens is 2. The molecule has 5 heteroatoms. The van der Waals surface area contributed by atoms with E-state index in [1.54, 1.807) is 6.07 Å². The molecule has 2 aromatic carbocycles. The zero-order valence-electron chi connectivity index (χ0n) is 11.8. The topological polar surface area (TPSA) is 47.3 Å². The van der Waals surface area contributed by atoms with E-state index in [-0.39, 0.29) is 11.9 Å². The van der Waals surface area contributed by atoms with Crippen LogP contribution >= 0.6 is 11.6 Å². The van der Waals surface area contributed by atoms with Gasteiger partial charge in [-0.1, -0.05) is 23.7 Å². The number of hydrogen-bond acceptors (Lipinski definition) is 3. The Labute approximate surface area is 128 Å². The fourth-order valence-electron chi connectivity index (χ4n) is 2.10. The van der Waals surface area contributed by atoms with Gasteiger partial charge in [-0.05, 0) is 42.8 Å². The van der Waals surface area contributed by atoms with Crippen LogP contribution < -0.4 is 15.8 Å². The molecule has 0 aliphatic rings. The normalized spacial score (nSPS) is 12.0. The van der Waals surface area contributed by atoms with Gasteiger partial charge in [-0.25, -0.2) is 4.39 Å². The Hall–Kier alpha value is -1.78. The maximum absolute atomic E-state index is 13.4. The molecule has 2 aromatic rings. The molecule has 2 rings (SSSR count). The summed E-state index contributed by atoms with van der Waals surface area (Å²) in [6, 6.07) is 11.8. The van der Waals surface area contributed by atoms with Gasteiger partial charge in [0, 0.05) is 17.3 Å². The van der Waals surface area contributed by atoms with Gasteiger partial charge in [0.1, 0.15) is 11.6 Å². The molecular formula is C16H18ClFN2O. The third kappa shape index (κ3) is 4.34. The summed E-state index contributed by atoms with van der Waals surface area (Å²) in [7, 11) is 0. The largest absolute Gasteiger partial charge is 0.494 e. The van der Waals surface area contributed by atoms with E-state index in [0.717, 1.165) is 11.3 Å². The molecule has 0 spiro atoms. The van der Waals surface area contributed by atoms with Crippen LogP contribution in [0.4, 0.5) is 10.1 Å². The Balaban J connectivity index is 2.21. The minimum absolute atomic E-state index is 0.150. The molecule has 1 unspecified atom stereocenters. The van der Waals surface area contributed by atoms with Crippen molar-refractivity contribution in [3.63, 3.8) is 0 Å². The minimum atomic E-state index is -0.385. The average Bonchev–Trinajstić information content (AvgIpc) is 2.44. The third-order valence-corrected chi connectivity index (χ3v) is 3.23. The van der Waals surface area contributed by atoms with E-state index in [0.29, 0.717) is 23.9 Å². The maximum Gasteiger partial charge on any atom is 0.126 e. The summed E-state index contributed by atoms with van der Waals surface area (Å²) in [4.78, 5) is 0. The molecule has 112 valence electrons. The summed E-state index contributed by atoms with van der Waals surface area (Å²) >= 11 is 5.86. The highest BCUT2D eigenvalue weighted by molar-refractivity contribution is 6.30. The third-order valence-electron chi connectivity index (χ3n) is 3.01. The molecule has 0 aromatic heterocycles. The molecule has 21 heavy (non-hydrogen) atoms. The van der Waals surface area contributed by atoms with E-state index >= 15 is 0 Å². The first-order valence-corrected chi connectivity index (χ1v) is 7.15. The van der Waals surface area contributed by atoms with Crippen LogP contribution in [-0.2, 0) is 0 Å². The quantitative estimate of drug-likeness (QED) is 0.848. The van der Waals surface area contributed by atoms with E-state index in [1.165, 1.54) is 12.1 Å². The first kappa shape index (κ1) is 15.6. The fraction of sp³-hybridized carbons (Fsp3) is 0.250. The molecule has 1 atom stereocenters. The van der Waals surface area contributed by atoms with Crippen LogP contribution in [0.25, 0.3) is 0 Å². The zero-order valence-corrected chi connectivity index (χ0v) is 12.5. The van der Waals surface area contributed by atoms with E-state index in [9.17, 15) is 4.39 Å². The highest BCUT2D eigenvalue weighted by Gasteiger charge is 2.11. The molecule has 0 radical (unpaired) electrons. The summed E-state index contributed by atoms with van der Waals surface area (Å²) in [6.07, 6.45) is 0. The van der Waals surface area contributed by atoms with Crippen LogP contribution in [-0.4, -0.2) is 13.2 Å². The number of hydrogen-bond donors (Lipinski definition) is 2. The summed E-state index contributed by atoms with van der Waals surface area (Å²) in [5, 5.41) is 3.53. The molecule has 0 aliphatic heterocycles. The summed E-state index contributed by atoms with van der Waals surface area (Å²) < 4.78 is 18.9. The number of nitrogens with one attached hydrogen (secondary N) is 1. The van der Waals surface area contributed by atoms with Crippen molar-refractivity contribution in [2.45, 2.75) is 13.0 Å². The highest BCUT2D eigenvalue weighted by Crippen LogP contribution is 2.25. The lowest BCUT2D eigenvalue weighted by atomic mass is 10.1. The predicted octanol–water partition coefficient (Wildman–Crippen LogP) is 3.99. The second-order valence-corrected chi connectivity index (χ2v) is 5.03. The number of anilines is 1. The SMILES string of the molecule is CCOc1cccc(C(CN)Nc2cc(F)cc(Cl)c2)c1. The van der Waals surface area contributed by atoms with Gasteiger partial charge >= 0.3 is 0 Å². The molecule has 0 heterocycles. The second kappa shape index (κ2) is 7.29. The van der Waals surface area contributed by atoms with Gasteiger partial charge in [-0.2, -0.15) is 0 Å². The molecule has 0 fully saturated rings. The number of benzene rings is 2. The van der Waals surface area contributed by atoms with Gasteiger partial charge in [0.15, 0.2) is 0 Å². The van der Waals surface area contributed by atoms with Crippen molar-refractivity contribution in [3.8, 4) is 5.75 Å². The lowest BCUT2D eigenvalue weighted by Gasteiger charge is -2.19. The predicted molar refractivity (Wildman–Crippen MR) is 84.4 cm³/mol. The Morgan fingerprint density at radius 2 is 2.10 bits per heavy atom. The van der Waals surface area contributed by atoms with E-state index in [4.69, 9.17) is 22.1 Å². The zero-order chi connectivity index (χ0) is 15.2. The van der Waals surface area contributed by atoms with Crippen LogP contribution in [0.1, 0.15) is 18.5 Å². The molecule has 3 N–H and O–H groups in total. The Morgan fingerprint density at radius 3 is 2.76 bits per heavy atom. The van der Waals surface area contributed by atoms with Gasteiger partial charge in [0.05, 0.1) is 12.6 Å². The minimum Gasteiger partial charge on any atom is -0.494 e. The first-order valence-electron chi connectivity index (χ1n) is 6.78. The summed E-state index contributed by atoms with van der Waals surface area (Å²) in [5.74, 6) is 0.399. The van der Waals surface area contributed by atoms with Crippen molar-refractivity contribution in [3.05, 3.63) is 58.9 Å². The van der Waals surface area contributed by atoms with Gasteiger partial charge in [0.2, 0.25) is 0 Å². The van der Waals surface area contributed by atoms with Gasteiger partial charge < -0.3 is 15.8 Å². The lowest BCUT2D eigenvalue weighted by molar-refractivity contribution is 0.339. The van der Waals surface area contributed by atoms with Crippen molar-refractivity contribution in [2.24, 2.45) is 5.73 Å². The molecule has 0 aliphatic carbocycles. The molecule has 0 saturated carbocycles. The summed E-state index contributed by atoms with van der Waals surface area (Å²) in [5.41, 5.74) is 7.39. The van der Waals surface area contributed by atoms with Crippen molar-refractivity contribution < 1.29 is 9.13 Å². The maximum atomic E-state index is 13.4. The van der Waals surface area contributed by atoms with Crippen molar-refractivity contribution >= 4 is 17.3 Å². The Bertz CT molecular complexity index is 586. The molecule has 3 nitrogen and oxygen atoms in total. The van der Waals surface area contributed by atoms with E-state index in [1.807, 2.05) is 31.2 Å². The first-order chi connectivity index (χ1) is 10.1. The van der Waals surface area contributed by atoms with Crippen molar-refractivity contribution in [1.82, 2.24) is 0 Å². The van der Waals surface area contributed by atoms with E-state index in [2.05, 4.69) is 5.32 Å². The number of ether oxygens (including phenoxy) is 1. The van der Waals surface area contributed by atoms with Gasteiger partial charge in [-0.3, -0.25) is 0 Å². The smallest absolute Gasteiger partial charge is 0.126 e. The van der Waals surface area contributed by atoms with Crippen LogP contribution in [0.3, 0.4) is 0 Å². The standard InChI is InChI=1S/C16H18ClFN2O/c1-2-21-15-5-3-4-11(6-15)16(10-19)20-14-8-12(17)7-13(18)9-14/h3-9,16,20H,2,10,19H2,1H3. The van der Waals surface area contributed by atoms with Crippen molar-refractivity contribution in [1.29, 1.82) is 0 Å². The molecule has 0 saturated heterocycles. The number of rotatable bonds is 6. The Morgan fingerprint density at radius 1 is 1.29 bits per heavy atom. The summed E-state index contributed by atoms with van der Waals surface area (Å²) in [6.45, 7) is 2.90.